The molecular weight excluding hydrogens is 342 g/mol. The van der Waals surface area contributed by atoms with Crippen molar-refractivity contribution in [2.45, 2.75) is 20.1 Å². The second-order valence-corrected chi connectivity index (χ2v) is 5.68. The van der Waals surface area contributed by atoms with Crippen molar-refractivity contribution in [1.82, 2.24) is 19.2 Å². The molecule has 0 N–H and O–H groups in total. The molecular formula is C18H14F2N4O2. The molecule has 0 bridgehead atoms. The van der Waals surface area contributed by atoms with Gasteiger partial charge in [0.2, 0.25) is 5.78 Å². The van der Waals surface area contributed by atoms with Gasteiger partial charge in [0.25, 0.3) is 5.56 Å². The molecule has 132 valence electrons. The SMILES string of the molecule is CCn1c(=O)c2ccccc2n2c(COc3ccc(F)c(F)c3)nnc12. The van der Waals surface area contributed by atoms with E-state index in [2.05, 4.69) is 10.2 Å². The lowest BCUT2D eigenvalue weighted by atomic mass is 10.2. The van der Waals surface area contributed by atoms with Gasteiger partial charge in [-0.15, -0.1) is 10.2 Å². The van der Waals surface area contributed by atoms with Gasteiger partial charge < -0.3 is 4.74 Å². The predicted molar refractivity (Wildman–Crippen MR) is 91.1 cm³/mol. The van der Waals surface area contributed by atoms with Gasteiger partial charge in [-0.25, -0.2) is 8.78 Å². The largest absolute Gasteiger partial charge is 0.485 e. The Morgan fingerprint density at radius 3 is 2.65 bits per heavy atom. The minimum Gasteiger partial charge on any atom is -0.485 e. The number of aromatic nitrogens is 4. The average Bonchev–Trinajstić information content (AvgIpc) is 3.07. The summed E-state index contributed by atoms with van der Waals surface area (Å²) < 4.78 is 35.1. The summed E-state index contributed by atoms with van der Waals surface area (Å²) in [5, 5.41) is 8.75. The molecule has 0 fully saturated rings. The lowest BCUT2D eigenvalue weighted by molar-refractivity contribution is 0.292. The lowest BCUT2D eigenvalue weighted by Gasteiger charge is -2.10. The smallest absolute Gasteiger partial charge is 0.262 e. The van der Waals surface area contributed by atoms with Crippen molar-refractivity contribution in [3.8, 4) is 5.75 Å². The minimum absolute atomic E-state index is 0.0157. The van der Waals surface area contributed by atoms with E-state index in [0.717, 1.165) is 12.1 Å². The van der Waals surface area contributed by atoms with E-state index in [-0.39, 0.29) is 17.9 Å². The highest BCUT2D eigenvalue weighted by atomic mass is 19.2. The van der Waals surface area contributed by atoms with Crippen LogP contribution in [0, 0.1) is 11.6 Å². The fourth-order valence-electron chi connectivity index (χ4n) is 2.91. The van der Waals surface area contributed by atoms with Crippen LogP contribution < -0.4 is 10.3 Å². The van der Waals surface area contributed by atoms with E-state index in [0.29, 0.717) is 29.0 Å². The fourth-order valence-corrected chi connectivity index (χ4v) is 2.91. The molecule has 8 heteroatoms. The van der Waals surface area contributed by atoms with Gasteiger partial charge in [-0.1, -0.05) is 12.1 Å². The van der Waals surface area contributed by atoms with Gasteiger partial charge in [-0.2, -0.15) is 0 Å². The summed E-state index contributed by atoms with van der Waals surface area (Å²) in [5.41, 5.74) is 0.516. The van der Waals surface area contributed by atoms with Crippen LogP contribution >= 0.6 is 0 Å². The van der Waals surface area contributed by atoms with Crippen LogP contribution in [0.25, 0.3) is 16.7 Å². The Kier molecular flexibility index (Phi) is 3.87. The molecule has 2 aromatic carbocycles. The fraction of sp³-hybridized carbons (Fsp3) is 0.167. The summed E-state index contributed by atoms with van der Waals surface area (Å²) in [6, 6.07) is 10.4. The molecule has 2 heterocycles. The van der Waals surface area contributed by atoms with Gasteiger partial charge >= 0.3 is 0 Å². The standard InChI is InChI=1S/C18H14F2N4O2/c1-2-23-17(25)12-5-3-4-6-15(12)24-16(21-22-18(23)24)10-26-11-7-8-13(19)14(20)9-11/h3-9H,2,10H2,1H3. The maximum Gasteiger partial charge on any atom is 0.262 e. The van der Waals surface area contributed by atoms with Crippen LogP contribution in [0.4, 0.5) is 8.78 Å². The number of halogens is 2. The molecule has 2 aromatic heterocycles. The summed E-state index contributed by atoms with van der Waals surface area (Å²) in [7, 11) is 0. The molecule has 0 aliphatic heterocycles. The third-order valence-electron chi connectivity index (χ3n) is 4.15. The maximum atomic E-state index is 13.3. The van der Waals surface area contributed by atoms with E-state index in [1.54, 1.807) is 22.6 Å². The van der Waals surface area contributed by atoms with Crippen LogP contribution in [-0.4, -0.2) is 19.2 Å². The van der Waals surface area contributed by atoms with Crippen molar-refractivity contribution < 1.29 is 13.5 Å². The van der Waals surface area contributed by atoms with E-state index in [1.165, 1.54) is 10.6 Å². The molecule has 0 saturated carbocycles. The number of aryl methyl sites for hydroxylation is 1. The first-order chi connectivity index (χ1) is 12.6. The summed E-state index contributed by atoms with van der Waals surface area (Å²) in [6.07, 6.45) is 0. The Bertz CT molecular complexity index is 1180. The second-order valence-electron chi connectivity index (χ2n) is 5.68. The second kappa shape index (κ2) is 6.21. The molecule has 0 spiro atoms. The Morgan fingerprint density at radius 1 is 1.08 bits per heavy atom. The highest BCUT2D eigenvalue weighted by Gasteiger charge is 2.16. The third kappa shape index (κ3) is 2.50. The monoisotopic (exact) mass is 356 g/mol. The van der Waals surface area contributed by atoms with Crippen molar-refractivity contribution >= 4 is 16.7 Å². The van der Waals surface area contributed by atoms with E-state index in [1.807, 2.05) is 13.0 Å². The van der Waals surface area contributed by atoms with Gasteiger partial charge in [0.15, 0.2) is 17.5 Å². The Hall–Kier alpha value is -3.29. The minimum atomic E-state index is -0.987. The number of ether oxygens (including phenoxy) is 1. The van der Waals surface area contributed by atoms with Gasteiger partial charge in [0, 0.05) is 12.6 Å². The average molecular weight is 356 g/mol. The summed E-state index contributed by atoms with van der Waals surface area (Å²) >= 11 is 0. The molecule has 0 unspecified atom stereocenters. The van der Waals surface area contributed by atoms with Crippen LogP contribution in [-0.2, 0) is 13.2 Å². The van der Waals surface area contributed by atoms with Crippen LogP contribution in [0.15, 0.2) is 47.3 Å². The van der Waals surface area contributed by atoms with Crippen LogP contribution in [0.5, 0.6) is 5.75 Å². The first-order valence-electron chi connectivity index (χ1n) is 8.03. The first kappa shape index (κ1) is 16.2. The Morgan fingerprint density at radius 2 is 1.88 bits per heavy atom. The first-order valence-corrected chi connectivity index (χ1v) is 8.03. The summed E-state index contributed by atoms with van der Waals surface area (Å²) in [5.74, 6) is -0.904. The van der Waals surface area contributed by atoms with Crippen LogP contribution in [0.2, 0.25) is 0 Å². The quantitative estimate of drug-likeness (QED) is 0.564. The van der Waals surface area contributed by atoms with Gasteiger partial charge in [0.1, 0.15) is 12.4 Å². The van der Waals surface area contributed by atoms with Crippen LogP contribution in [0.3, 0.4) is 0 Å². The van der Waals surface area contributed by atoms with Crippen molar-refractivity contribution in [2.24, 2.45) is 0 Å². The zero-order chi connectivity index (χ0) is 18.3. The molecule has 4 rings (SSSR count). The van der Waals surface area contributed by atoms with Crippen molar-refractivity contribution in [2.75, 3.05) is 0 Å². The molecule has 0 saturated heterocycles. The highest BCUT2D eigenvalue weighted by Crippen LogP contribution is 2.18. The molecule has 26 heavy (non-hydrogen) atoms. The Balaban J connectivity index is 1.82. The normalized spacial score (nSPS) is 11.3. The maximum absolute atomic E-state index is 13.3. The highest BCUT2D eigenvalue weighted by molar-refractivity contribution is 5.80. The molecule has 0 aliphatic rings. The lowest BCUT2D eigenvalue weighted by Crippen LogP contribution is -2.22. The van der Waals surface area contributed by atoms with E-state index in [4.69, 9.17) is 4.74 Å². The van der Waals surface area contributed by atoms with E-state index < -0.39 is 11.6 Å². The zero-order valence-electron chi connectivity index (χ0n) is 13.8. The van der Waals surface area contributed by atoms with E-state index >= 15 is 0 Å². The molecule has 4 aromatic rings. The number of hydrogen-bond acceptors (Lipinski definition) is 4. The number of rotatable bonds is 4. The van der Waals surface area contributed by atoms with Crippen molar-refractivity contribution in [3.63, 3.8) is 0 Å². The summed E-state index contributed by atoms with van der Waals surface area (Å²) in [6.45, 7) is 2.27. The topological polar surface area (TPSA) is 61.4 Å². The molecule has 0 radical (unpaired) electrons. The van der Waals surface area contributed by atoms with E-state index in [9.17, 15) is 13.6 Å². The van der Waals surface area contributed by atoms with Gasteiger partial charge in [-0.3, -0.25) is 13.8 Å². The number of fused-ring (bicyclic) bond motifs is 3. The molecule has 0 atom stereocenters. The number of para-hydroxylation sites is 1. The third-order valence-corrected chi connectivity index (χ3v) is 4.15. The Labute approximate surface area is 146 Å². The molecule has 0 aliphatic carbocycles. The number of nitrogens with zero attached hydrogens (tertiary/aromatic N) is 4. The molecule has 0 amide bonds. The molecule has 6 nitrogen and oxygen atoms in total. The van der Waals surface area contributed by atoms with Gasteiger partial charge in [-0.05, 0) is 31.2 Å². The number of hydrogen-bond donors (Lipinski definition) is 0. The number of benzene rings is 2. The predicted octanol–water partition coefficient (Wildman–Crippen LogP) is 2.92. The van der Waals surface area contributed by atoms with Crippen LogP contribution in [0.1, 0.15) is 12.7 Å². The summed E-state index contributed by atoms with van der Waals surface area (Å²) in [4.78, 5) is 12.6. The van der Waals surface area contributed by atoms with Crippen molar-refractivity contribution in [1.29, 1.82) is 0 Å². The van der Waals surface area contributed by atoms with Gasteiger partial charge in [0.05, 0.1) is 10.9 Å². The van der Waals surface area contributed by atoms with Crippen molar-refractivity contribution in [3.05, 3.63) is 70.3 Å². The zero-order valence-corrected chi connectivity index (χ0v) is 13.8.